The Morgan fingerprint density at radius 2 is 2.17 bits per heavy atom. The normalized spacial score (nSPS) is 9.89. The number of nitrogens with zero attached hydrogens (tertiary/aromatic N) is 2. The van der Waals surface area contributed by atoms with E-state index in [9.17, 15) is 14.7 Å². The first-order valence-electron chi connectivity index (χ1n) is 5.51. The number of rotatable bonds is 5. The summed E-state index contributed by atoms with van der Waals surface area (Å²) in [6.07, 6.45) is 3.44. The number of esters is 1. The zero-order valence-corrected chi connectivity index (χ0v) is 10.4. The van der Waals surface area contributed by atoms with Gasteiger partial charge in [0, 0.05) is 26.2 Å². The monoisotopic (exact) mass is 252 g/mol. The van der Waals surface area contributed by atoms with Crippen molar-refractivity contribution < 1.29 is 19.4 Å². The van der Waals surface area contributed by atoms with E-state index in [1.807, 2.05) is 0 Å². The number of carbonyl (C=O) groups is 2. The Labute approximate surface area is 105 Å². The third-order valence-electron chi connectivity index (χ3n) is 2.42. The van der Waals surface area contributed by atoms with Crippen molar-refractivity contribution in [2.75, 3.05) is 20.7 Å². The molecule has 1 aromatic heterocycles. The second kappa shape index (κ2) is 6.58. The van der Waals surface area contributed by atoms with Crippen LogP contribution >= 0.6 is 0 Å². The molecule has 18 heavy (non-hydrogen) atoms. The van der Waals surface area contributed by atoms with Gasteiger partial charge in [0.15, 0.2) is 0 Å². The molecule has 0 bridgehead atoms. The van der Waals surface area contributed by atoms with Crippen LogP contribution in [0.15, 0.2) is 18.5 Å². The molecule has 1 rings (SSSR count). The predicted molar refractivity (Wildman–Crippen MR) is 64.1 cm³/mol. The lowest BCUT2D eigenvalue weighted by molar-refractivity contribution is -0.140. The first-order valence-corrected chi connectivity index (χ1v) is 5.51. The fourth-order valence-electron chi connectivity index (χ4n) is 1.43. The van der Waals surface area contributed by atoms with Crippen LogP contribution in [0.3, 0.4) is 0 Å². The highest BCUT2D eigenvalue weighted by atomic mass is 16.5. The van der Waals surface area contributed by atoms with Gasteiger partial charge < -0.3 is 14.7 Å². The van der Waals surface area contributed by atoms with E-state index in [-0.39, 0.29) is 24.0 Å². The van der Waals surface area contributed by atoms with Crippen molar-refractivity contribution in [3.63, 3.8) is 0 Å². The second-order valence-corrected chi connectivity index (χ2v) is 3.84. The van der Waals surface area contributed by atoms with Crippen molar-refractivity contribution in [3.8, 4) is 5.75 Å². The van der Waals surface area contributed by atoms with E-state index < -0.39 is 0 Å². The Bertz CT molecular complexity index is 434. The minimum atomic E-state index is -0.296. The van der Waals surface area contributed by atoms with Gasteiger partial charge in [-0.15, -0.1) is 0 Å². The van der Waals surface area contributed by atoms with E-state index in [1.165, 1.54) is 30.5 Å². The smallest absolute Gasteiger partial charge is 0.305 e. The number of methoxy groups -OCH3 is 1. The van der Waals surface area contributed by atoms with Crippen LogP contribution in [0.1, 0.15) is 23.2 Å². The molecule has 0 radical (unpaired) electrons. The summed E-state index contributed by atoms with van der Waals surface area (Å²) in [6.45, 7) is 0.434. The molecule has 0 aliphatic carbocycles. The Kier molecular flexibility index (Phi) is 5.10. The molecule has 1 N–H and O–H groups in total. The Morgan fingerprint density at radius 3 is 2.78 bits per heavy atom. The number of aromatic hydroxyl groups is 1. The first kappa shape index (κ1) is 14.0. The van der Waals surface area contributed by atoms with Gasteiger partial charge >= 0.3 is 5.97 Å². The van der Waals surface area contributed by atoms with E-state index in [0.717, 1.165) is 0 Å². The molecule has 0 unspecified atom stereocenters. The molecule has 0 aliphatic heterocycles. The zero-order chi connectivity index (χ0) is 13.5. The predicted octanol–water partition coefficient (Wildman–Crippen LogP) is 0.812. The van der Waals surface area contributed by atoms with Gasteiger partial charge in [-0.1, -0.05) is 0 Å². The number of ether oxygens (including phenoxy) is 1. The fourth-order valence-corrected chi connectivity index (χ4v) is 1.43. The van der Waals surface area contributed by atoms with E-state index in [4.69, 9.17) is 0 Å². The molecule has 1 aromatic rings. The summed E-state index contributed by atoms with van der Waals surface area (Å²) in [5.74, 6) is -0.595. The molecular formula is C12H16N2O4. The van der Waals surface area contributed by atoms with E-state index in [2.05, 4.69) is 9.72 Å². The average Bonchev–Trinajstić information content (AvgIpc) is 2.37. The molecule has 0 aromatic carbocycles. The average molecular weight is 252 g/mol. The third kappa shape index (κ3) is 4.04. The molecule has 0 saturated heterocycles. The Hall–Kier alpha value is -2.11. The van der Waals surface area contributed by atoms with Gasteiger partial charge in [-0.2, -0.15) is 0 Å². The van der Waals surface area contributed by atoms with Crippen molar-refractivity contribution in [2.45, 2.75) is 12.8 Å². The molecule has 0 aliphatic rings. The maximum absolute atomic E-state index is 11.9. The SMILES string of the molecule is COC(=O)CCCN(C)C(=O)c1cncc(O)c1. The Balaban J connectivity index is 2.49. The summed E-state index contributed by atoms with van der Waals surface area (Å²) >= 11 is 0. The highest BCUT2D eigenvalue weighted by Gasteiger charge is 2.12. The quantitative estimate of drug-likeness (QED) is 0.784. The van der Waals surface area contributed by atoms with Gasteiger partial charge in [-0.25, -0.2) is 0 Å². The first-order chi connectivity index (χ1) is 8.54. The highest BCUT2D eigenvalue weighted by Crippen LogP contribution is 2.10. The van der Waals surface area contributed by atoms with Crippen molar-refractivity contribution in [1.82, 2.24) is 9.88 Å². The zero-order valence-electron chi connectivity index (χ0n) is 10.4. The van der Waals surface area contributed by atoms with Gasteiger partial charge in [0.25, 0.3) is 5.91 Å². The summed E-state index contributed by atoms with van der Waals surface area (Å²) < 4.78 is 4.51. The summed E-state index contributed by atoms with van der Waals surface area (Å²) in [4.78, 5) is 28.0. The van der Waals surface area contributed by atoms with E-state index in [1.54, 1.807) is 7.05 Å². The molecule has 0 spiro atoms. The molecule has 98 valence electrons. The van der Waals surface area contributed by atoms with E-state index in [0.29, 0.717) is 18.5 Å². The van der Waals surface area contributed by atoms with Gasteiger partial charge in [0.2, 0.25) is 0 Å². The van der Waals surface area contributed by atoms with E-state index >= 15 is 0 Å². The molecule has 1 amide bonds. The van der Waals surface area contributed by atoms with Gasteiger partial charge in [0.1, 0.15) is 5.75 Å². The van der Waals surface area contributed by atoms with Crippen LogP contribution in [-0.2, 0) is 9.53 Å². The van der Waals surface area contributed by atoms with Crippen LogP contribution in [0.4, 0.5) is 0 Å². The molecule has 6 nitrogen and oxygen atoms in total. The lowest BCUT2D eigenvalue weighted by Crippen LogP contribution is -2.28. The topological polar surface area (TPSA) is 79.7 Å². The van der Waals surface area contributed by atoms with Crippen LogP contribution in [0.2, 0.25) is 0 Å². The number of pyridine rings is 1. The standard InChI is InChI=1S/C12H16N2O4/c1-14(5-3-4-11(16)18-2)12(17)9-6-10(15)8-13-7-9/h6-8,15H,3-5H2,1-2H3. The van der Waals surface area contributed by atoms with Crippen molar-refractivity contribution in [2.24, 2.45) is 0 Å². The number of hydrogen-bond donors (Lipinski definition) is 1. The highest BCUT2D eigenvalue weighted by molar-refractivity contribution is 5.94. The van der Waals surface area contributed by atoms with Gasteiger partial charge in [-0.05, 0) is 12.5 Å². The molecule has 0 atom stereocenters. The third-order valence-corrected chi connectivity index (χ3v) is 2.42. The maximum Gasteiger partial charge on any atom is 0.305 e. The summed E-state index contributed by atoms with van der Waals surface area (Å²) in [5, 5.41) is 9.23. The summed E-state index contributed by atoms with van der Waals surface area (Å²) in [7, 11) is 2.96. The maximum atomic E-state index is 11.9. The van der Waals surface area contributed by atoms with Gasteiger partial charge in [0.05, 0.1) is 18.9 Å². The van der Waals surface area contributed by atoms with Crippen molar-refractivity contribution in [3.05, 3.63) is 24.0 Å². The van der Waals surface area contributed by atoms with Crippen molar-refractivity contribution >= 4 is 11.9 Å². The summed E-state index contributed by atoms with van der Waals surface area (Å²) in [6, 6.07) is 1.35. The Morgan fingerprint density at radius 1 is 1.44 bits per heavy atom. The largest absolute Gasteiger partial charge is 0.506 e. The minimum absolute atomic E-state index is 0.0520. The molecule has 6 heteroatoms. The van der Waals surface area contributed by atoms with Crippen LogP contribution < -0.4 is 0 Å². The van der Waals surface area contributed by atoms with Gasteiger partial charge in [-0.3, -0.25) is 14.6 Å². The minimum Gasteiger partial charge on any atom is -0.506 e. The fraction of sp³-hybridized carbons (Fsp3) is 0.417. The lowest BCUT2D eigenvalue weighted by atomic mass is 10.2. The molecule has 0 fully saturated rings. The number of amides is 1. The van der Waals surface area contributed by atoms with Crippen LogP contribution in [0.5, 0.6) is 5.75 Å². The van der Waals surface area contributed by atoms with Crippen LogP contribution in [0, 0.1) is 0 Å². The number of hydrogen-bond acceptors (Lipinski definition) is 5. The summed E-state index contributed by atoms with van der Waals surface area (Å²) in [5.41, 5.74) is 0.315. The number of aromatic nitrogens is 1. The second-order valence-electron chi connectivity index (χ2n) is 3.84. The van der Waals surface area contributed by atoms with Crippen LogP contribution in [-0.4, -0.2) is 47.6 Å². The van der Waals surface area contributed by atoms with Crippen molar-refractivity contribution in [1.29, 1.82) is 0 Å². The molecular weight excluding hydrogens is 236 g/mol. The number of carbonyl (C=O) groups excluding carboxylic acids is 2. The van der Waals surface area contributed by atoms with Crippen LogP contribution in [0.25, 0.3) is 0 Å². The lowest BCUT2D eigenvalue weighted by Gasteiger charge is -2.16. The molecule has 1 heterocycles. The molecule has 0 saturated carbocycles.